The van der Waals surface area contributed by atoms with E-state index in [0.717, 1.165) is 16.8 Å². The molecule has 5 heteroatoms. The molecule has 1 N–H and O–H groups in total. The van der Waals surface area contributed by atoms with Crippen molar-refractivity contribution < 1.29 is 4.79 Å². The fourth-order valence-electron chi connectivity index (χ4n) is 2.53. The van der Waals surface area contributed by atoms with Crippen LogP contribution < -0.4 is 5.32 Å². The van der Waals surface area contributed by atoms with E-state index in [1.54, 1.807) is 12.1 Å². The lowest BCUT2D eigenvalue weighted by Crippen LogP contribution is -2.10. The van der Waals surface area contributed by atoms with Crippen LogP contribution in [-0.2, 0) is 10.2 Å². The summed E-state index contributed by atoms with van der Waals surface area (Å²) in [7, 11) is 0. The summed E-state index contributed by atoms with van der Waals surface area (Å²) in [5.41, 5.74) is 4.08. The smallest absolute Gasteiger partial charge is 0.250 e. The first-order valence-corrected chi connectivity index (χ1v) is 9.89. The molecule has 0 radical (unpaired) electrons. The van der Waals surface area contributed by atoms with Crippen molar-refractivity contribution in [2.45, 2.75) is 26.2 Å². The Labute approximate surface area is 168 Å². The highest BCUT2D eigenvalue weighted by molar-refractivity contribution is 7.14. The van der Waals surface area contributed by atoms with Gasteiger partial charge in [0.2, 0.25) is 5.91 Å². The number of nitrogens with one attached hydrogen (secondary N) is 1. The van der Waals surface area contributed by atoms with Gasteiger partial charge in [-0.1, -0.05) is 74.8 Å². The van der Waals surface area contributed by atoms with E-state index in [0.29, 0.717) is 10.2 Å². The fourth-order valence-corrected chi connectivity index (χ4v) is 3.45. The molecule has 2 aromatic carbocycles. The van der Waals surface area contributed by atoms with Crippen LogP contribution in [0.4, 0.5) is 5.13 Å². The number of anilines is 1. The Hall–Kier alpha value is -2.43. The van der Waals surface area contributed by atoms with Gasteiger partial charge in [0, 0.05) is 22.0 Å². The van der Waals surface area contributed by atoms with Crippen molar-refractivity contribution in [3.63, 3.8) is 0 Å². The number of nitrogens with zero attached hydrogens (tertiary/aromatic N) is 1. The summed E-state index contributed by atoms with van der Waals surface area (Å²) in [6.45, 7) is 6.57. The van der Waals surface area contributed by atoms with Crippen molar-refractivity contribution in [2.75, 3.05) is 5.32 Å². The van der Waals surface area contributed by atoms with Crippen molar-refractivity contribution in [1.82, 2.24) is 4.98 Å². The minimum absolute atomic E-state index is 0.119. The zero-order valence-electron chi connectivity index (χ0n) is 15.5. The Balaban J connectivity index is 1.67. The highest BCUT2D eigenvalue weighted by Gasteiger charge is 2.14. The van der Waals surface area contributed by atoms with E-state index in [4.69, 9.17) is 11.6 Å². The molecule has 3 aromatic rings. The Kier molecular flexibility index (Phi) is 5.78. The number of carbonyl (C=O) groups excluding carboxylic acids is 1. The summed E-state index contributed by atoms with van der Waals surface area (Å²) in [6.07, 6.45) is 3.15. The Morgan fingerprint density at radius 2 is 1.81 bits per heavy atom. The van der Waals surface area contributed by atoms with E-state index >= 15 is 0 Å². The molecule has 3 rings (SSSR count). The van der Waals surface area contributed by atoms with Gasteiger partial charge in [0.15, 0.2) is 5.13 Å². The van der Waals surface area contributed by atoms with Crippen LogP contribution in [0.3, 0.4) is 0 Å². The highest BCUT2D eigenvalue weighted by Crippen LogP contribution is 2.28. The van der Waals surface area contributed by atoms with Crippen molar-refractivity contribution in [1.29, 1.82) is 0 Å². The summed E-state index contributed by atoms with van der Waals surface area (Å²) in [4.78, 5) is 16.6. The first-order chi connectivity index (χ1) is 12.8. The quantitative estimate of drug-likeness (QED) is 0.517. The minimum Gasteiger partial charge on any atom is -0.298 e. The average Bonchev–Trinajstić information content (AvgIpc) is 3.09. The normalized spacial score (nSPS) is 11.7. The van der Waals surface area contributed by atoms with Crippen LogP contribution in [0.5, 0.6) is 0 Å². The molecule has 1 amide bonds. The number of hydrogen-bond donors (Lipinski definition) is 1. The maximum atomic E-state index is 12.1. The molecular formula is C22H21ClN2OS. The van der Waals surface area contributed by atoms with Crippen LogP contribution in [0.15, 0.2) is 60.0 Å². The Morgan fingerprint density at radius 1 is 1.11 bits per heavy atom. The van der Waals surface area contributed by atoms with Crippen molar-refractivity contribution in [2.24, 2.45) is 0 Å². The van der Waals surface area contributed by atoms with Crippen molar-refractivity contribution in [3.8, 4) is 11.3 Å². The lowest BCUT2D eigenvalue weighted by atomic mass is 9.86. The van der Waals surface area contributed by atoms with Gasteiger partial charge in [0.25, 0.3) is 0 Å². The lowest BCUT2D eigenvalue weighted by Gasteiger charge is -2.18. The molecule has 27 heavy (non-hydrogen) atoms. The zero-order chi connectivity index (χ0) is 19.4. The molecule has 0 unspecified atom stereocenters. The van der Waals surface area contributed by atoms with Gasteiger partial charge in [-0.25, -0.2) is 4.98 Å². The number of halogens is 1. The second-order valence-corrected chi connectivity index (χ2v) is 8.47. The zero-order valence-corrected chi connectivity index (χ0v) is 17.1. The predicted octanol–water partition coefficient (Wildman–Crippen LogP) is 6.41. The first-order valence-electron chi connectivity index (χ1n) is 8.63. The van der Waals surface area contributed by atoms with Gasteiger partial charge in [-0.05, 0) is 28.7 Å². The van der Waals surface area contributed by atoms with Crippen LogP contribution >= 0.6 is 22.9 Å². The van der Waals surface area contributed by atoms with E-state index in [1.807, 2.05) is 23.6 Å². The highest BCUT2D eigenvalue weighted by atomic mass is 35.5. The lowest BCUT2D eigenvalue weighted by molar-refractivity contribution is -0.111. The number of aromatic nitrogens is 1. The molecule has 0 saturated heterocycles. The first kappa shape index (κ1) is 19.3. The molecule has 1 aromatic heterocycles. The standard InChI is InChI=1S/C22H21ClN2OS/c1-22(2,3)17-11-8-16(9-12-17)19-14-27-21(24-19)25-20(26)13-10-15-6-4-5-7-18(15)23/h4-14H,1-3H3,(H,24,25,26)/b13-10+. The maximum Gasteiger partial charge on any atom is 0.250 e. The van der Waals surface area contributed by atoms with E-state index in [-0.39, 0.29) is 11.3 Å². The van der Waals surface area contributed by atoms with Gasteiger partial charge < -0.3 is 0 Å². The number of rotatable bonds is 4. The van der Waals surface area contributed by atoms with Crippen LogP contribution in [0.1, 0.15) is 31.9 Å². The Bertz CT molecular complexity index is 968. The largest absolute Gasteiger partial charge is 0.298 e. The number of amides is 1. The van der Waals surface area contributed by atoms with Crippen molar-refractivity contribution >= 4 is 40.1 Å². The molecule has 0 bridgehead atoms. The van der Waals surface area contributed by atoms with Gasteiger partial charge >= 0.3 is 0 Å². The topological polar surface area (TPSA) is 42.0 Å². The molecule has 0 fully saturated rings. The molecule has 0 aliphatic heterocycles. The minimum atomic E-state index is -0.237. The monoisotopic (exact) mass is 396 g/mol. The third kappa shape index (κ3) is 5.06. The second-order valence-electron chi connectivity index (χ2n) is 7.21. The van der Waals surface area contributed by atoms with Crippen LogP contribution in [0, 0.1) is 0 Å². The van der Waals surface area contributed by atoms with E-state index in [2.05, 4.69) is 55.3 Å². The van der Waals surface area contributed by atoms with E-state index in [1.165, 1.54) is 23.0 Å². The molecule has 0 saturated carbocycles. The van der Waals surface area contributed by atoms with Crippen LogP contribution in [0.25, 0.3) is 17.3 Å². The fraction of sp³-hybridized carbons (Fsp3) is 0.182. The third-order valence-corrected chi connectivity index (χ3v) is 5.20. The molecule has 0 aliphatic carbocycles. The summed E-state index contributed by atoms with van der Waals surface area (Å²) in [5.74, 6) is -0.237. The molecular weight excluding hydrogens is 376 g/mol. The molecule has 1 heterocycles. The maximum absolute atomic E-state index is 12.1. The van der Waals surface area contributed by atoms with Gasteiger partial charge in [0.05, 0.1) is 5.69 Å². The second kappa shape index (κ2) is 8.07. The predicted molar refractivity (Wildman–Crippen MR) is 115 cm³/mol. The van der Waals surface area contributed by atoms with Crippen LogP contribution in [-0.4, -0.2) is 10.9 Å². The summed E-state index contributed by atoms with van der Waals surface area (Å²) in [5, 5.41) is 5.92. The molecule has 138 valence electrons. The molecule has 0 spiro atoms. The van der Waals surface area contributed by atoms with Crippen molar-refractivity contribution in [3.05, 3.63) is 76.1 Å². The molecule has 3 nitrogen and oxygen atoms in total. The SMILES string of the molecule is CC(C)(C)c1ccc(-c2csc(NC(=O)/C=C/c3ccccc3Cl)n2)cc1. The number of hydrogen-bond acceptors (Lipinski definition) is 3. The number of carbonyl (C=O) groups is 1. The summed E-state index contributed by atoms with van der Waals surface area (Å²) < 4.78 is 0. The summed E-state index contributed by atoms with van der Waals surface area (Å²) in [6, 6.07) is 15.8. The average molecular weight is 397 g/mol. The van der Waals surface area contributed by atoms with Crippen LogP contribution in [0.2, 0.25) is 5.02 Å². The van der Waals surface area contributed by atoms with Gasteiger partial charge in [-0.15, -0.1) is 11.3 Å². The van der Waals surface area contributed by atoms with E-state index in [9.17, 15) is 4.79 Å². The summed E-state index contributed by atoms with van der Waals surface area (Å²) >= 11 is 7.49. The third-order valence-electron chi connectivity index (χ3n) is 4.10. The molecule has 0 atom stereocenters. The Morgan fingerprint density at radius 3 is 2.48 bits per heavy atom. The van der Waals surface area contributed by atoms with Gasteiger partial charge in [-0.2, -0.15) is 0 Å². The molecule has 0 aliphatic rings. The van der Waals surface area contributed by atoms with E-state index < -0.39 is 0 Å². The van der Waals surface area contributed by atoms with Gasteiger partial charge in [0.1, 0.15) is 0 Å². The van der Waals surface area contributed by atoms with Gasteiger partial charge in [-0.3, -0.25) is 10.1 Å². The number of thiazole rings is 1. The number of benzene rings is 2.